The number of phenols is 1. The number of phenolic OH excluding ortho intramolecular Hbond substituents is 1. The molecule has 9 nitrogen and oxygen atoms in total. The summed E-state index contributed by atoms with van der Waals surface area (Å²) in [5.41, 5.74) is -1.82. The topological polar surface area (TPSA) is 150 Å². The van der Waals surface area contributed by atoms with Crippen LogP contribution in [0.3, 0.4) is 0 Å². The molecular weight excluding hydrogens is 1130 g/mol. The van der Waals surface area contributed by atoms with Crippen LogP contribution >= 0.6 is 0 Å². The van der Waals surface area contributed by atoms with E-state index in [0.717, 1.165) is 50.0 Å². The van der Waals surface area contributed by atoms with E-state index >= 15 is 0 Å². The summed E-state index contributed by atoms with van der Waals surface area (Å²) in [4.78, 5) is 28.1. The Balaban J connectivity index is 0.000000230. The van der Waals surface area contributed by atoms with Crippen molar-refractivity contribution in [3.8, 4) is 5.75 Å². The lowest BCUT2D eigenvalue weighted by atomic mass is 9.49. The number of esters is 2. The maximum atomic E-state index is 12.7. The molecule has 0 aliphatic heterocycles. The van der Waals surface area contributed by atoms with E-state index in [9.17, 15) is 49.6 Å². The molecule has 470 valence electrons. The summed E-state index contributed by atoms with van der Waals surface area (Å²) >= 11 is 0. The molecule has 4 bridgehead atoms. The maximum Gasteiger partial charge on any atom is 0.421 e. The van der Waals surface area contributed by atoms with E-state index in [2.05, 4.69) is 119 Å². The van der Waals surface area contributed by atoms with Gasteiger partial charge in [-0.15, -0.1) is 0 Å². The van der Waals surface area contributed by atoms with Gasteiger partial charge in [0.05, 0.1) is 28.3 Å². The van der Waals surface area contributed by atoms with E-state index < -0.39 is 45.0 Å². The van der Waals surface area contributed by atoms with Gasteiger partial charge in [0.2, 0.25) is 0 Å². The van der Waals surface area contributed by atoms with Gasteiger partial charge in [0.25, 0.3) is 0 Å². The van der Waals surface area contributed by atoms with E-state index in [4.69, 9.17) is 14.6 Å². The summed E-state index contributed by atoms with van der Waals surface area (Å²) in [7, 11) is -5.67. The lowest BCUT2D eigenvalue weighted by Crippen LogP contribution is -2.60. The van der Waals surface area contributed by atoms with Gasteiger partial charge >= 0.3 is 23.4 Å². The molecule has 3 atom stereocenters. The largest absolute Gasteiger partial charge is 0.743 e. The van der Waals surface area contributed by atoms with Crippen LogP contribution in [0, 0.1) is 34.5 Å². The predicted octanol–water partition coefficient (Wildman–Crippen LogP) is 18.1. The monoisotopic (exact) mass is 1220 g/mol. The Morgan fingerprint density at radius 2 is 0.988 bits per heavy atom. The zero-order valence-electron chi connectivity index (χ0n) is 51.9. The molecule has 9 rings (SSSR count). The van der Waals surface area contributed by atoms with Crippen molar-refractivity contribution >= 4 is 33.0 Å². The number of ether oxygens (including phenoxy) is 2. The number of hydrogen-bond acceptors (Lipinski definition) is 9. The van der Waals surface area contributed by atoms with Crippen molar-refractivity contribution in [3.05, 3.63) is 156 Å². The Labute approximate surface area is 507 Å². The number of halogens is 5. The first-order chi connectivity index (χ1) is 39.7. The molecule has 0 saturated heterocycles. The smallest absolute Gasteiger partial charge is 0.421 e. The third-order valence-electron chi connectivity index (χ3n) is 17.7. The van der Waals surface area contributed by atoms with Gasteiger partial charge in [0.15, 0.2) is 30.4 Å². The number of rotatable bonds is 19. The first-order valence-electron chi connectivity index (χ1n) is 30.1. The van der Waals surface area contributed by atoms with Gasteiger partial charge in [-0.25, -0.2) is 8.42 Å². The minimum atomic E-state index is -5.66. The molecule has 4 aliphatic rings. The molecule has 4 saturated carbocycles. The average Bonchev–Trinajstić information content (AvgIpc) is 0.980. The Kier molecular flexibility index (Phi) is 26.8. The molecule has 2 N–H and O–H groups in total. The molecule has 4 fully saturated rings. The van der Waals surface area contributed by atoms with Gasteiger partial charge in [0.1, 0.15) is 11.4 Å². The third-order valence-corrected chi connectivity index (χ3v) is 20.8. The van der Waals surface area contributed by atoms with Crippen molar-refractivity contribution in [1.29, 1.82) is 0 Å². The number of benzene rings is 5. The molecule has 5 aromatic carbocycles. The summed E-state index contributed by atoms with van der Waals surface area (Å²) in [6.45, 7) is 22.2. The highest BCUT2D eigenvalue weighted by molar-refractivity contribution is 7.97. The van der Waals surface area contributed by atoms with Crippen LogP contribution in [-0.2, 0) is 45.7 Å². The van der Waals surface area contributed by atoms with Crippen LogP contribution in [-0.4, -0.2) is 58.8 Å². The van der Waals surface area contributed by atoms with Crippen LogP contribution in [0.2, 0.25) is 0 Å². The normalized spacial score (nSPS) is 20.5. The maximum absolute atomic E-state index is 12.7. The Morgan fingerprint density at radius 3 is 1.33 bits per heavy atom. The second-order valence-corrected chi connectivity index (χ2v) is 28.0. The lowest BCUT2D eigenvalue weighted by molar-refractivity contribution is -0.258. The third kappa shape index (κ3) is 19.9. The summed E-state index contributed by atoms with van der Waals surface area (Å²) in [5, 5.41) is 14.2. The fourth-order valence-corrected chi connectivity index (χ4v) is 13.3. The molecule has 0 amide bonds. The molecule has 5 aromatic rings. The van der Waals surface area contributed by atoms with Crippen LogP contribution in [0.25, 0.3) is 0 Å². The fourth-order valence-electron chi connectivity index (χ4n) is 10.8. The van der Waals surface area contributed by atoms with E-state index in [1.807, 2.05) is 39.8 Å². The molecule has 0 radical (unpaired) electrons. The van der Waals surface area contributed by atoms with Crippen LogP contribution in [0.1, 0.15) is 189 Å². The van der Waals surface area contributed by atoms with E-state index in [0.29, 0.717) is 35.8 Å². The van der Waals surface area contributed by atoms with Crippen LogP contribution in [0.4, 0.5) is 22.0 Å². The van der Waals surface area contributed by atoms with Gasteiger partial charge in [-0.1, -0.05) is 139 Å². The second kappa shape index (κ2) is 31.6. The summed E-state index contributed by atoms with van der Waals surface area (Å²) < 4.78 is 105. The molecule has 0 aromatic heterocycles. The SMILES string of the molecule is CCC(C)(C)C(=O)OC1(CC)C2CC3CC(C2)CC1C3.CCC(C)(C)C(=O)OCCCC(F)(F)S(=O)(=O)[O-].CCC(C)c1ccc(C(C)(O)C(F)(F)F)cc1.CCC(C)c1ccc(O)cc1.c1ccc([S+](c2ccccc2)c2ccccc2)cc1. The predicted molar refractivity (Wildman–Crippen MR) is 328 cm³/mol. The minimum Gasteiger partial charge on any atom is -0.743 e. The molecule has 16 heteroatoms. The van der Waals surface area contributed by atoms with Crippen molar-refractivity contribution in [2.45, 2.75) is 209 Å². The standard InChI is InChI=1S/C18H30O2.C18H15S.C13H17F3O.C10H18F2O5S.C10H14O/c1-5-17(3,4)16(19)20-18(6-2)14-8-12-7-13(10-14)11-15(18)9-12;1-4-10-16(11-5-1)19(17-12-6-2-7-13-17)18-14-8-3-9-15-18;1-4-9(2)10-5-7-11(8-6-10)12(3,17)13(14,15)16;1-4-9(2,3)8(13)17-7-5-6-10(11,12)18(14,15)16;1-3-8(2)9-4-6-10(11)7-5-9/h12-15H,5-11H2,1-4H3;1-15H;5-9,17H,4H2,1-3H3;4-7H2,1-3H3,(H,14,15,16);4-8,11H,3H2,1-2H3/q;+1;;;/p-1. The highest BCUT2D eigenvalue weighted by atomic mass is 32.2. The van der Waals surface area contributed by atoms with Gasteiger partial charge in [-0.3, -0.25) is 9.59 Å². The molecular formula is C69H93F5O9S2. The fraction of sp³-hybridized carbons (Fsp3) is 0.536. The quantitative estimate of drug-likeness (QED) is 0.0271. The minimum absolute atomic E-state index is 0.0146. The van der Waals surface area contributed by atoms with Crippen molar-refractivity contribution in [3.63, 3.8) is 0 Å². The zero-order valence-corrected chi connectivity index (χ0v) is 53.5. The van der Waals surface area contributed by atoms with Crippen LogP contribution < -0.4 is 0 Å². The number of carbonyl (C=O) groups excluding carboxylic acids is 2. The first-order valence-corrected chi connectivity index (χ1v) is 32.7. The highest BCUT2D eigenvalue weighted by Gasteiger charge is 2.59. The van der Waals surface area contributed by atoms with E-state index in [1.54, 1.807) is 45.0 Å². The summed E-state index contributed by atoms with van der Waals surface area (Å²) in [5.74, 6) is 3.87. The van der Waals surface area contributed by atoms with Crippen LogP contribution in [0.15, 0.2) is 154 Å². The molecule has 0 heterocycles. The number of aromatic hydroxyl groups is 1. The lowest BCUT2D eigenvalue weighted by Gasteiger charge is -2.60. The van der Waals surface area contributed by atoms with Crippen molar-refractivity contribution in [2.75, 3.05) is 6.61 Å². The molecule has 85 heavy (non-hydrogen) atoms. The van der Waals surface area contributed by atoms with Crippen molar-refractivity contribution in [1.82, 2.24) is 0 Å². The molecule has 0 spiro atoms. The van der Waals surface area contributed by atoms with Crippen molar-refractivity contribution in [2.24, 2.45) is 34.5 Å². The highest BCUT2D eigenvalue weighted by Crippen LogP contribution is 2.61. The number of aliphatic hydroxyl groups is 1. The van der Waals surface area contributed by atoms with Gasteiger partial charge in [-0.2, -0.15) is 22.0 Å². The number of hydrogen-bond donors (Lipinski definition) is 2. The van der Waals surface area contributed by atoms with Crippen LogP contribution in [0.5, 0.6) is 5.75 Å². The van der Waals surface area contributed by atoms with Gasteiger partial charge < -0.3 is 24.2 Å². The molecule has 4 aliphatic carbocycles. The van der Waals surface area contributed by atoms with Gasteiger partial charge in [0, 0.05) is 6.42 Å². The molecule has 3 unspecified atom stereocenters. The zero-order chi connectivity index (χ0) is 63.6. The van der Waals surface area contributed by atoms with E-state index in [1.165, 1.54) is 64.5 Å². The first kappa shape index (κ1) is 72.2. The summed E-state index contributed by atoms with van der Waals surface area (Å²) in [6, 6.07) is 45.6. The Bertz CT molecular complexity index is 2780. The average molecular weight is 1230 g/mol. The Hall–Kier alpha value is -5.29. The van der Waals surface area contributed by atoms with Crippen molar-refractivity contribution < 1.29 is 64.2 Å². The number of carbonyl (C=O) groups is 2. The number of alkyl halides is 5. The second-order valence-electron chi connectivity index (χ2n) is 24.5. The van der Waals surface area contributed by atoms with Gasteiger partial charge in [-0.05, 0) is 206 Å². The summed E-state index contributed by atoms with van der Waals surface area (Å²) in [6.07, 6.45) is 4.92. The Morgan fingerprint density at radius 1 is 0.612 bits per heavy atom. The van der Waals surface area contributed by atoms with E-state index in [-0.39, 0.29) is 46.5 Å².